The van der Waals surface area contributed by atoms with Crippen molar-refractivity contribution in [2.45, 2.75) is 0 Å². The van der Waals surface area contributed by atoms with E-state index in [0.29, 0.717) is 10.7 Å². The second kappa shape index (κ2) is 4.50. The number of aldehydes is 1. The largest absolute Gasteiger partial charge is 0.296 e. The van der Waals surface area contributed by atoms with Gasteiger partial charge >= 0.3 is 0 Å². The normalized spacial score (nSPS) is 11.0. The summed E-state index contributed by atoms with van der Waals surface area (Å²) in [7, 11) is 0. The van der Waals surface area contributed by atoms with Crippen LogP contribution in [-0.4, -0.2) is 15.8 Å². The summed E-state index contributed by atoms with van der Waals surface area (Å²) in [4.78, 5) is 15.4. The number of thiazole rings is 1. The van der Waals surface area contributed by atoms with Crippen LogP contribution >= 0.6 is 38.9 Å². The molecule has 90 valence electrons. The number of nitrogens with zero attached hydrogens (tertiary/aromatic N) is 2. The van der Waals surface area contributed by atoms with Crippen LogP contribution < -0.4 is 0 Å². The van der Waals surface area contributed by atoms with Crippen LogP contribution in [0.2, 0.25) is 5.02 Å². The molecule has 0 unspecified atom stereocenters. The monoisotopic (exact) mass is 340 g/mol. The van der Waals surface area contributed by atoms with Crippen molar-refractivity contribution >= 4 is 55.4 Å². The lowest BCUT2D eigenvalue weighted by Gasteiger charge is -1.97. The average Bonchev–Trinajstić information content (AvgIpc) is 2.92. The summed E-state index contributed by atoms with van der Waals surface area (Å²) in [6, 6.07) is 7.25. The molecule has 0 spiro atoms. The highest BCUT2D eigenvalue weighted by atomic mass is 79.9. The Morgan fingerprint density at radius 3 is 3.06 bits per heavy atom. The van der Waals surface area contributed by atoms with E-state index in [2.05, 4.69) is 20.9 Å². The fourth-order valence-corrected chi connectivity index (χ4v) is 3.84. The number of carbonyl (C=O) groups is 1. The summed E-state index contributed by atoms with van der Waals surface area (Å²) >= 11 is 10.9. The molecule has 3 nitrogen and oxygen atoms in total. The highest BCUT2D eigenvalue weighted by Gasteiger charge is 2.11. The Kier molecular flexibility index (Phi) is 2.97. The van der Waals surface area contributed by atoms with Gasteiger partial charge in [-0.2, -0.15) is 0 Å². The quantitative estimate of drug-likeness (QED) is 0.651. The highest BCUT2D eigenvalue weighted by Crippen LogP contribution is 2.33. The predicted molar refractivity (Wildman–Crippen MR) is 77.0 cm³/mol. The van der Waals surface area contributed by atoms with Crippen LogP contribution in [0.3, 0.4) is 0 Å². The van der Waals surface area contributed by atoms with Gasteiger partial charge in [-0.3, -0.25) is 9.36 Å². The van der Waals surface area contributed by atoms with E-state index in [0.717, 1.165) is 26.1 Å². The summed E-state index contributed by atoms with van der Waals surface area (Å²) in [5.41, 5.74) is 1.43. The molecule has 3 aromatic rings. The van der Waals surface area contributed by atoms with Gasteiger partial charge in [-0.05, 0) is 40.2 Å². The lowest BCUT2D eigenvalue weighted by molar-refractivity contribution is 0.111. The van der Waals surface area contributed by atoms with Gasteiger partial charge < -0.3 is 0 Å². The number of carbonyl (C=O) groups excluding carboxylic acids is 1. The molecular weight excluding hydrogens is 336 g/mol. The SMILES string of the molecule is O=Cc1cccn1-c1nc2c(Br)cc(Cl)cc2s1. The lowest BCUT2D eigenvalue weighted by atomic mass is 10.3. The zero-order valence-electron chi connectivity index (χ0n) is 8.93. The van der Waals surface area contributed by atoms with Crippen LogP contribution in [0.25, 0.3) is 15.3 Å². The molecule has 6 heteroatoms. The van der Waals surface area contributed by atoms with E-state index in [1.54, 1.807) is 10.6 Å². The van der Waals surface area contributed by atoms with E-state index in [1.807, 2.05) is 24.4 Å². The van der Waals surface area contributed by atoms with Crippen molar-refractivity contribution in [3.8, 4) is 5.13 Å². The Hall–Kier alpha value is -1.17. The second-order valence-electron chi connectivity index (χ2n) is 3.65. The number of fused-ring (bicyclic) bond motifs is 1. The first-order valence-electron chi connectivity index (χ1n) is 5.07. The molecule has 0 aliphatic carbocycles. The minimum absolute atomic E-state index is 0.580. The number of aromatic nitrogens is 2. The Bertz CT molecular complexity index is 750. The Morgan fingerprint density at radius 1 is 1.44 bits per heavy atom. The smallest absolute Gasteiger partial charge is 0.195 e. The van der Waals surface area contributed by atoms with Crippen molar-refractivity contribution in [1.82, 2.24) is 9.55 Å². The molecule has 0 radical (unpaired) electrons. The van der Waals surface area contributed by atoms with Crippen molar-refractivity contribution in [2.24, 2.45) is 0 Å². The molecule has 1 aromatic carbocycles. The van der Waals surface area contributed by atoms with Gasteiger partial charge in [0.2, 0.25) is 0 Å². The third kappa shape index (κ3) is 1.88. The van der Waals surface area contributed by atoms with E-state index in [4.69, 9.17) is 11.6 Å². The molecule has 2 heterocycles. The van der Waals surface area contributed by atoms with E-state index in [1.165, 1.54) is 11.3 Å². The van der Waals surface area contributed by atoms with Crippen molar-refractivity contribution in [3.63, 3.8) is 0 Å². The number of hydrogen-bond donors (Lipinski definition) is 0. The second-order valence-corrected chi connectivity index (χ2v) is 5.95. The van der Waals surface area contributed by atoms with Gasteiger partial charge in [0.25, 0.3) is 0 Å². The van der Waals surface area contributed by atoms with Gasteiger partial charge in [-0.25, -0.2) is 4.98 Å². The number of rotatable bonds is 2. The Balaban J connectivity index is 2.25. The molecular formula is C12H6BrClN2OS. The minimum atomic E-state index is 0.580. The first-order chi connectivity index (χ1) is 8.69. The summed E-state index contributed by atoms with van der Waals surface area (Å²) in [5, 5.41) is 1.41. The van der Waals surface area contributed by atoms with Crippen LogP contribution in [0.4, 0.5) is 0 Å². The average molecular weight is 342 g/mol. The lowest BCUT2D eigenvalue weighted by Crippen LogP contribution is -1.95. The molecule has 2 aromatic heterocycles. The van der Waals surface area contributed by atoms with E-state index in [-0.39, 0.29) is 0 Å². The van der Waals surface area contributed by atoms with Crippen LogP contribution in [0.1, 0.15) is 10.5 Å². The standard InChI is InChI=1S/C12H6BrClN2OS/c13-9-4-7(14)5-10-11(9)15-12(18-10)16-3-1-2-8(16)6-17/h1-6H. The molecule has 0 atom stereocenters. The van der Waals surface area contributed by atoms with Crippen LogP contribution in [0, 0.1) is 0 Å². The van der Waals surface area contributed by atoms with Gasteiger partial charge in [0.15, 0.2) is 11.4 Å². The summed E-state index contributed by atoms with van der Waals surface area (Å²) in [6.45, 7) is 0. The molecule has 0 aliphatic rings. The Labute approximate surface area is 120 Å². The van der Waals surface area contributed by atoms with Crippen molar-refractivity contribution in [2.75, 3.05) is 0 Å². The van der Waals surface area contributed by atoms with Crippen molar-refractivity contribution < 1.29 is 4.79 Å². The molecule has 0 bridgehead atoms. The molecule has 0 saturated heterocycles. The fraction of sp³-hybridized carbons (Fsp3) is 0. The van der Waals surface area contributed by atoms with Gasteiger partial charge in [0.1, 0.15) is 0 Å². The topological polar surface area (TPSA) is 34.9 Å². The van der Waals surface area contributed by atoms with Crippen LogP contribution in [-0.2, 0) is 0 Å². The molecule has 0 saturated carbocycles. The van der Waals surface area contributed by atoms with E-state index < -0.39 is 0 Å². The maximum atomic E-state index is 10.9. The first kappa shape index (κ1) is 11.9. The third-order valence-electron chi connectivity index (χ3n) is 2.51. The summed E-state index contributed by atoms with van der Waals surface area (Å²) in [5.74, 6) is 0. The maximum Gasteiger partial charge on any atom is 0.195 e. The maximum absolute atomic E-state index is 10.9. The van der Waals surface area contributed by atoms with Gasteiger partial charge in [0.05, 0.1) is 15.9 Å². The predicted octanol–water partition coefficient (Wildman–Crippen LogP) is 4.32. The number of hydrogen-bond acceptors (Lipinski definition) is 3. The van der Waals surface area contributed by atoms with Gasteiger partial charge in [-0.1, -0.05) is 22.9 Å². The van der Waals surface area contributed by atoms with Crippen molar-refractivity contribution in [3.05, 3.63) is 45.7 Å². The zero-order chi connectivity index (χ0) is 12.7. The highest BCUT2D eigenvalue weighted by molar-refractivity contribution is 9.10. The molecule has 0 aliphatic heterocycles. The molecule has 0 amide bonds. The van der Waals surface area contributed by atoms with Crippen LogP contribution in [0.5, 0.6) is 0 Å². The molecule has 3 rings (SSSR count). The summed E-state index contributed by atoms with van der Waals surface area (Å²) in [6.07, 6.45) is 2.63. The van der Waals surface area contributed by atoms with Crippen molar-refractivity contribution in [1.29, 1.82) is 0 Å². The molecule has 0 N–H and O–H groups in total. The number of benzene rings is 1. The molecule has 18 heavy (non-hydrogen) atoms. The number of halogens is 2. The molecule has 0 fully saturated rings. The summed E-state index contributed by atoms with van der Waals surface area (Å²) < 4.78 is 3.60. The minimum Gasteiger partial charge on any atom is -0.296 e. The third-order valence-corrected chi connectivity index (χ3v) is 4.33. The van der Waals surface area contributed by atoms with Gasteiger partial charge in [0, 0.05) is 15.7 Å². The zero-order valence-corrected chi connectivity index (χ0v) is 12.1. The fourth-order valence-electron chi connectivity index (χ4n) is 1.71. The van der Waals surface area contributed by atoms with Gasteiger partial charge in [-0.15, -0.1) is 0 Å². The van der Waals surface area contributed by atoms with E-state index in [9.17, 15) is 4.79 Å². The Morgan fingerprint density at radius 2 is 2.28 bits per heavy atom. The van der Waals surface area contributed by atoms with Crippen LogP contribution in [0.15, 0.2) is 34.9 Å². The first-order valence-corrected chi connectivity index (χ1v) is 7.06. The van der Waals surface area contributed by atoms with E-state index >= 15 is 0 Å².